The van der Waals surface area contributed by atoms with Crippen LogP contribution in [0.2, 0.25) is 0 Å². The van der Waals surface area contributed by atoms with Gasteiger partial charge in [-0.3, -0.25) is 4.79 Å². The number of ether oxygens (including phenoxy) is 1. The lowest BCUT2D eigenvalue weighted by molar-refractivity contribution is -0.150. The van der Waals surface area contributed by atoms with Gasteiger partial charge in [0.25, 0.3) is 0 Å². The smallest absolute Gasteiger partial charge is 0.343 e. The molecule has 0 aromatic heterocycles. The Hall–Kier alpha value is -2.11. The number of alkyl halides is 1. The molecule has 1 fully saturated rings. The molecule has 1 atom stereocenters. The Bertz CT molecular complexity index is 560. The Kier molecular flexibility index (Phi) is 5.58. The molecule has 23 heavy (non-hydrogen) atoms. The molecule has 1 aromatic carbocycles. The quantitative estimate of drug-likeness (QED) is 0.837. The first kappa shape index (κ1) is 17.2. The highest BCUT2D eigenvalue weighted by Gasteiger charge is 2.46. The molecule has 1 aliphatic heterocycles. The fourth-order valence-corrected chi connectivity index (χ4v) is 2.54. The van der Waals surface area contributed by atoms with Crippen molar-refractivity contribution in [3.05, 3.63) is 29.8 Å². The SMILES string of the molecule is CCCOc1ccc(CCC(=O)N2CCC(F)(C(=O)O)C2)cc1. The van der Waals surface area contributed by atoms with E-state index in [1.807, 2.05) is 31.2 Å². The molecule has 1 N–H and O–H groups in total. The first-order chi connectivity index (χ1) is 10.9. The Morgan fingerprint density at radius 3 is 2.61 bits per heavy atom. The highest BCUT2D eigenvalue weighted by molar-refractivity contribution is 5.82. The number of benzene rings is 1. The molecule has 0 radical (unpaired) electrons. The minimum Gasteiger partial charge on any atom is -0.494 e. The summed E-state index contributed by atoms with van der Waals surface area (Å²) in [7, 11) is 0. The minimum atomic E-state index is -2.30. The number of amides is 1. The van der Waals surface area contributed by atoms with Gasteiger partial charge in [-0.25, -0.2) is 9.18 Å². The van der Waals surface area contributed by atoms with Crippen LogP contribution in [0.5, 0.6) is 5.75 Å². The Labute approximate surface area is 135 Å². The Balaban J connectivity index is 1.82. The molecule has 1 amide bonds. The number of carbonyl (C=O) groups excluding carboxylic acids is 1. The molecular weight excluding hydrogens is 301 g/mol. The number of aryl methyl sites for hydroxylation is 1. The van der Waals surface area contributed by atoms with E-state index in [4.69, 9.17) is 9.84 Å². The third kappa shape index (κ3) is 4.43. The number of aliphatic carboxylic acids is 1. The van der Waals surface area contributed by atoms with Crippen LogP contribution < -0.4 is 4.74 Å². The summed E-state index contributed by atoms with van der Waals surface area (Å²) < 4.78 is 19.4. The van der Waals surface area contributed by atoms with E-state index in [1.54, 1.807) is 0 Å². The molecule has 1 aliphatic rings. The number of likely N-dealkylation sites (tertiary alicyclic amines) is 1. The summed E-state index contributed by atoms with van der Waals surface area (Å²) in [4.78, 5) is 24.2. The molecule has 2 rings (SSSR count). The minimum absolute atomic E-state index is 0.141. The largest absolute Gasteiger partial charge is 0.494 e. The second-order valence-corrected chi connectivity index (χ2v) is 5.83. The summed E-state index contributed by atoms with van der Waals surface area (Å²) in [5.41, 5.74) is -1.31. The summed E-state index contributed by atoms with van der Waals surface area (Å²) in [6.45, 7) is 2.51. The molecule has 5 nitrogen and oxygen atoms in total. The number of hydrogen-bond acceptors (Lipinski definition) is 3. The average Bonchev–Trinajstić information content (AvgIpc) is 2.95. The molecule has 1 unspecified atom stereocenters. The second-order valence-electron chi connectivity index (χ2n) is 5.83. The predicted molar refractivity (Wildman–Crippen MR) is 83.2 cm³/mol. The van der Waals surface area contributed by atoms with Crippen LogP contribution in [0, 0.1) is 0 Å². The van der Waals surface area contributed by atoms with Crippen LogP contribution >= 0.6 is 0 Å². The molecule has 1 aromatic rings. The maximum atomic E-state index is 13.9. The number of hydrogen-bond donors (Lipinski definition) is 1. The third-order valence-corrected chi connectivity index (χ3v) is 3.98. The average molecular weight is 323 g/mol. The normalized spacial score (nSPS) is 20.5. The summed E-state index contributed by atoms with van der Waals surface area (Å²) >= 11 is 0. The number of carbonyl (C=O) groups is 2. The molecule has 0 spiro atoms. The molecule has 1 saturated heterocycles. The van der Waals surface area contributed by atoms with Crippen LogP contribution in [0.4, 0.5) is 4.39 Å². The predicted octanol–water partition coefficient (Wildman–Crippen LogP) is 2.43. The van der Waals surface area contributed by atoms with Crippen LogP contribution in [-0.4, -0.2) is 47.2 Å². The molecule has 6 heteroatoms. The van der Waals surface area contributed by atoms with Gasteiger partial charge >= 0.3 is 5.97 Å². The van der Waals surface area contributed by atoms with E-state index >= 15 is 0 Å². The maximum absolute atomic E-state index is 13.9. The van der Waals surface area contributed by atoms with Crippen molar-refractivity contribution in [3.8, 4) is 5.75 Å². The number of carboxylic acids is 1. The van der Waals surface area contributed by atoms with Gasteiger partial charge in [0.15, 0.2) is 0 Å². The van der Waals surface area contributed by atoms with Crippen LogP contribution in [0.15, 0.2) is 24.3 Å². The summed E-state index contributed by atoms with van der Waals surface area (Å²) in [5.74, 6) is -0.905. The Morgan fingerprint density at radius 1 is 1.35 bits per heavy atom. The number of carboxylic acid groups (broad SMARTS) is 1. The van der Waals surface area contributed by atoms with Gasteiger partial charge < -0.3 is 14.7 Å². The lowest BCUT2D eigenvalue weighted by Gasteiger charge is -2.17. The van der Waals surface area contributed by atoms with E-state index in [9.17, 15) is 14.0 Å². The van der Waals surface area contributed by atoms with Crippen molar-refractivity contribution >= 4 is 11.9 Å². The summed E-state index contributed by atoms with van der Waals surface area (Å²) in [6, 6.07) is 7.53. The monoisotopic (exact) mass is 323 g/mol. The van der Waals surface area contributed by atoms with Crippen molar-refractivity contribution in [1.82, 2.24) is 4.90 Å². The van der Waals surface area contributed by atoms with Crippen LogP contribution in [0.25, 0.3) is 0 Å². The fourth-order valence-electron chi connectivity index (χ4n) is 2.54. The standard InChI is InChI=1S/C17H22FNO4/c1-2-11-23-14-6-3-13(4-7-14)5-8-15(20)19-10-9-17(18,12-19)16(21)22/h3-4,6-7H,2,5,8-12H2,1H3,(H,21,22). The Morgan fingerprint density at radius 2 is 2.04 bits per heavy atom. The van der Waals surface area contributed by atoms with Gasteiger partial charge in [-0.1, -0.05) is 19.1 Å². The van der Waals surface area contributed by atoms with Gasteiger partial charge in [0.2, 0.25) is 11.6 Å². The van der Waals surface area contributed by atoms with Gasteiger partial charge in [0.05, 0.1) is 13.2 Å². The van der Waals surface area contributed by atoms with E-state index in [2.05, 4.69) is 0 Å². The lowest BCUT2D eigenvalue weighted by Crippen LogP contribution is -2.38. The van der Waals surface area contributed by atoms with Crippen molar-refractivity contribution in [2.45, 2.75) is 38.3 Å². The summed E-state index contributed by atoms with van der Waals surface area (Å²) in [6.07, 6.45) is 1.58. The van der Waals surface area contributed by atoms with E-state index < -0.39 is 11.6 Å². The third-order valence-electron chi connectivity index (χ3n) is 3.98. The zero-order valence-corrected chi connectivity index (χ0v) is 13.3. The maximum Gasteiger partial charge on any atom is 0.343 e. The topological polar surface area (TPSA) is 66.8 Å². The molecular formula is C17H22FNO4. The number of halogens is 1. The van der Waals surface area contributed by atoms with Crippen molar-refractivity contribution in [2.24, 2.45) is 0 Å². The highest BCUT2D eigenvalue weighted by atomic mass is 19.1. The first-order valence-corrected chi connectivity index (χ1v) is 7.86. The molecule has 126 valence electrons. The first-order valence-electron chi connectivity index (χ1n) is 7.86. The molecule has 0 bridgehead atoms. The van der Waals surface area contributed by atoms with Crippen molar-refractivity contribution < 1.29 is 23.8 Å². The summed E-state index contributed by atoms with van der Waals surface area (Å²) in [5, 5.41) is 8.84. The van der Waals surface area contributed by atoms with Crippen molar-refractivity contribution in [2.75, 3.05) is 19.7 Å². The zero-order valence-electron chi connectivity index (χ0n) is 13.3. The van der Waals surface area contributed by atoms with E-state index in [0.29, 0.717) is 13.0 Å². The molecule has 1 heterocycles. The van der Waals surface area contributed by atoms with E-state index in [1.165, 1.54) is 4.90 Å². The van der Waals surface area contributed by atoms with Crippen molar-refractivity contribution in [3.63, 3.8) is 0 Å². The van der Waals surface area contributed by atoms with Crippen LogP contribution in [-0.2, 0) is 16.0 Å². The number of nitrogens with zero attached hydrogens (tertiary/aromatic N) is 1. The van der Waals surface area contributed by atoms with Crippen LogP contribution in [0.3, 0.4) is 0 Å². The number of rotatable bonds is 7. The van der Waals surface area contributed by atoms with Crippen LogP contribution in [0.1, 0.15) is 31.7 Å². The van der Waals surface area contributed by atoms with Gasteiger partial charge in [-0.2, -0.15) is 0 Å². The van der Waals surface area contributed by atoms with E-state index in [-0.39, 0.29) is 31.8 Å². The second kappa shape index (κ2) is 7.44. The van der Waals surface area contributed by atoms with Gasteiger partial charge in [0.1, 0.15) is 5.75 Å². The zero-order chi connectivity index (χ0) is 16.9. The van der Waals surface area contributed by atoms with Gasteiger partial charge in [-0.05, 0) is 30.5 Å². The fraction of sp³-hybridized carbons (Fsp3) is 0.529. The molecule has 0 saturated carbocycles. The molecule has 0 aliphatic carbocycles. The lowest BCUT2D eigenvalue weighted by atomic mass is 10.1. The van der Waals surface area contributed by atoms with Gasteiger partial charge in [0, 0.05) is 19.4 Å². The highest BCUT2D eigenvalue weighted by Crippen LogP contribution is 2.26. The van der Waals surface area contributed by atoms with Crippen molar-refractivity contribution in [1.29, 1.82) is 0 Å². The van der Waals surface area contributed by atoms with E-state index in [0.717, 1.165) is 17.7 Å². The van der Waals surface area contributed by atoms with Gasteiger partial charge in [-0.15, -0.1) is 0 Å².